The van der Waals surface area contributed by atoms with Gasteiger partial charge in [-0.1, -0.05) is 92.4 Å². The van der Waals surface area contributed by atoms with E-state index >= 15 is 0 Å². The van der Waals surface area contributed by atoms with Gasteiger partial charge in [0.2, 0.25) is 53.2 Å². The predicted octanol–water partition coefficient (Wildman–Crippen LogP) is 2.12. The van der Waals surface area contributed by atoms with E-state index < -0.39 is 83.1 Å². The Morgan fingerprint density at radius 3 is 1.64 bits per heavy atom. The zero-order valence-corrected chi connectivity index (χ0v) is 42.4. The Balaban J connectivity index is 5.43. The van der Waals surface area contributed by atoms with Crippen molar-refractivity contribution in [3.05, 3.63) is 0 Å². The highest BCUT2D eigenvalue weighted by Crippen LogP contribution is 2.17. The Kier molecular flexibility index (Phi) is 29.7. The van der Waals surface area contributed by atoms with Gasteiger partial charge in [-0.15, -0.1) is 0 Å². The minimum atomic E-state index is -1.54. The van der Waals surface area contributed by atoms with Crippen molar-refractivity contribution in [3.63, 3.8) is 0 Å². The molecule has 0 fully saturated rings. The van der Waals surface area contributed by atoms with Crippen LogP contribution in [0.15, 0.2) is 0 Å². The second-order valence-electron chi connectivity index (χ2n) is 19.2. The van der Waals surface area contributed by atoms with Crippen LogP contribution < -0.4 is 53.2 Å². The molecule has 0 aromatic heterocycles. The van der Waals surface area contributed by atoms with Gasteiger partial charge in [-0.3, -0.25) is 43.2 Å². The summed E-state index contributed by atoms with van der Waals surface area (Å²) in [6.07, 6.45) is 10.9. The molecule has 10 N–H and O–H groups in total. The molecule has 0 aromatic carbocycles. The number of carbonyl (C=O) groups is 9. The van der Waals surface area contributed by atoms with Gasteiger partial charge in [0.05, 0.1) is 13.1 Å². The van der Waals surface area contributed by atoms with Crippen LogP contribution in [-0.4, -0.2) is 122 Å². The summed E-state index contributed by atoms with van der Waals surface area (Å²) in [5, 5.41) is 26.8. The van der Waals surface area contributed by atoms with Crippen molar-refractivity contribution in [2.45, 2.75) is 195 Å². The van der Waals surface area contributed by atoms with Crippen molar-refractivity contribution in [2.24, 2.45) is 11.8 Å². The second kappa shape index (κ2) is 32.0. The minimum Gasteiger partial charge on any atom is -0.355 e. The molecule has 0 aliphatic rings. The van der Waals surface area contributed by atoms with Crippen LogP contribution in [0.1, 0.15) is 166 Å². The lowest BCUT2D eigenvalue weighted by molar-refractivity contribution is -0.138. The summed E-state index contributed by atoms with van der Waals surface area (Å²) in [5.41, 5.74) is -4.46. The second-order valence-corrected chi connectivity index (χ2v) is 19.2. The number of amides is 9. The van der Waals surface area contributed by atoms with Crippen LogP contribution in [0.5, 0.6) is 0 Å². The summed E-state index contributed by atoms with van der Waals surface area (Å²) < 4.78 is 0. The highest BCUT2D eigenvalue weighted by Gasteiger charge is 2.38. The Morgan fingerprint density at radius 1 is 0.455 bits per heavy atom. The van der Waals surface area contributed by atoms with Crippen molar-refractivity contribution in [1.29, 1.82) is 0 Å². The van der Waals surface area contributed by atoms with E-state index in [0.717, 1.165) is 70.6 Å². The van der Waals surface area contributed by atoms with Crippen LogP contribution in [0, 0.1) is 11.8 Å². The van der Waals surface area contributed by atoms with Crippen LogP contribution in [0.2, 0.25) is 0 Å². The zero-order valence-electron chi connectivity index (χ0n) is 42.4. The molecule has 0 rings (SSSR count). The molecule has 0 aliphatic heterocycles. The third-order valence-corrected chi connectivity index (χ3v) is 10.9. The van der Waals surface area contributed by atoms with Crippen LogP contribution >= 0.6 is 0 Å². The normalized spacial score (nSPS) is 13.0. The first-order valence-electron chi connectivity index (χ1n) is 24.2. The van der Waals surface area contributed by atoms with Crippen LogP contribution in [0.4, 0.5) is 0 Å². The molecule has 0 spiro atoms. The SMILES string of the molecule is CCCCCCCCC(NC(=O)[C@@H](CCC)CCCC)C(=O)NCC(=O)NC(C)(C)C(=O)NCC(=O)NC(CC(C)C)C(=O)NC(C)(C)C(=O)NC(C)(C)C(=O)NCCC(=O)NCCNC. The molecule has 19 nitrogen and oxygen atoms in total. The number of rotatable bonds is 35. The van der Waals surface area contributed by atoms with Crippen molar-refractivity contribution < 1.29 is 43.2 Å². The molecule has 0 radical (unpaired) electrons. The van der Waals surface area contributed by atoms with Gasteiger partial charge in [-0.05, 0) is 80.2 Å². The zero-order chi connectivity index (χ0) is 50.5. The molecule has 0 saturated carbocycles. The summed E-state index contributed by atoms with van der Waals surface area (Å²) in [6, 6.07) is -1.91. The molecular formula is C47H88N10O9. The lowest BCUT2D eigenvalue weighted by atomic mass is 9.95. The summed E-state index contributed by atoms with van der Waals surface area (Å²) >= 11 is 0. The first kappa shape index (κ1) is 61.2. The number of nitrogens with one attached hydrogen (secondary N) is 10. The summed E-state index contributed by atoms with van der Waals surface area (Å²) in [6.45, 7) is 18.8. The van der Waals surface area contributed by atoms with Gasteiger partial charge >= 0.3 is 0 Å². The van der Waals surface area contributed by atoms with Crippen molar-refractivity contribution in [1.82, 2.24) is 53.2 Å². The van der Waals surface area contributed by atoms with Gasteiger partial charge in [0.1, 0.15) is 28.7 Å². The standard InChI is InChI=1S/C47H88N10O9/c1-13-16-18-19-20-21-24-34(54-39(61)33(22-15-3)23-17-14-2)40(62)51-31-38(60)55-45(6,7)43(65)52-30-37(59)53-35(29-32(4)5)41(63)56-47(10,11)44(66)57-46(8,9)42(64)50-26-25-36(58)49-28-27-48-12/h32-35,48H,13-31H2,1-12H3,(H,49,58)(H,50,64)(H,51,62)(H,52,65)(H,53,59)(H,54,61)(H,55,60)(H,56,63)(H,57,66)/t33-,34?,35?/m0/s1. The quantitative estimate of drug-likeness (QED) is 0.0414. The van der Waals surface area contributed by atoms with Gasteiger partial charge in [0.25, 0.3) is 0 Å². The van der Waals surface area contributed by atoms with E-state index in [1.54, 1.807) is 7.05 Å². The molecule has 0 aliphatic carbocycles. The molecular weight excluding hydrogens is 849 g/mol. The maximum atomic E-state index is 13.5. The van der Waals surface area contributed by atoms with E-state index in [1.165, 1.54) is 41.5 Å². The van der Waals surface area contributed by atoms with Gasteiger partial charge in [-0.25, -0.2) is 0 Å². The Labute approximate surface area is 394 Å². The van der Waals surface area contributed by atoms with E-state index in [-0.39, 0.29) is 43.0 Å². The van der Waals surface area contributed by atoms with Crippen LogP contribution in [0.3, 0.4) is 0 Å². The van der Waals surface area contributed by atoms with Gasteiger partial charge in [0, 0.05) is 32.0 Å². The van der Waals surface area contributed by atoms with E-state index in [9.17, 15) is 43.2 Å². The Hall–Kier alpha value is -4.81. The average molecular weight is 937 g/mol. The number of carbonyl (C=O) groups excluding carboxylic acids is 9. The molecule has 2 unspecified atom stereocenters. The molecule has 9 amide bonds. The Bertz CT molecular complexity index is 1570. The van der Waals surface area contributed by atoms with E-state index in [1.807, 2.05) is 20.8 Å². The fraction of sp³-hybridized carbons (Fsp3) is 0.809. The summed E-state index contributed by atoms with van der Waals surface area (Å²) in [7, 11) is 1.76. The smallest absolute Gasteiger partial charge is 0.246 e. The van der Waals surface area contributed by atoms with Crippen molar-refractivity contribution in [2.75, 3.05) is 39.8 Å². The molecule has 3 atom stereocenters. The van der Waals surface area contributed by atoms with E-state index in [2.05, 4.69) is 67.0 Å². The van der Waals surface area contributed by atoms with Gasteiger partial charge < -0.3 is 53.2 Å². The molecule has 0 aromatic rings. The molecule has 19 heteroatoms. The molecule has 0 bridgehead atoms. The first-order chi connectivity index (χ1) is 30.9. The summed E-state index contributed by atoms with van der Waals surface area (Å²) in [4.78, 5) is 118. The molecule has 0 saturated heterocycles. The molecule has 0 heterocycles. The molecule has 380 valence electrons. The van der Waals surface area contributed by atoms with Gasteiger partial charge in [-0.2, -0.15) is 0 Å². The highest BCUT2D eigenvalue weighted by molar-refractivity contribution is 5.98. The maximum absolute atomic E-state index is 13.5. The topological polar surface area (TPSA) is 274 Å². The van der Waals surface area contributed by atoms with Crippen molar-refractivity contribution in [3.8, 4) is 0 Å². The fourth-order valence-corrected chi connectivity index (χ4v) is 6.84. The van der Waals surface area contributed by atoms with E-state index in [4.69, 9.17) is 0 Å². The fourth-order valence-electron chi connectivity index (χ4n) is 6.84. The summed E-state index contributed by atoms with van der Waals surface area (Å²) in [5.74, 6) is -5.10. The highest BCUT2D eigenvalue weighted by atomic mass is 16.2. The Morgan fingerprint density at radius 2 is 1.03 bits per heavy atom. The van der Waals surface area contributed by atoms with Crippen LogP contribution in [0.25, 0.3) is 0 Å². The van der Waals surface area contributed by atoms with Gasteiger partial charge in [0.15, 0.2) is 0 Å². The lowest BCUT2D eigenvalue weighted by Gasteiger charge is -2.33. The number of unbranched alkanes of at least 4 members (excludes halogenated alkanes) is 6. The third-order valence-electron chi connectivity index (χ3n) is 10.9. The first-order valence-corrected chi connectivity index (χ1v) is 24.2. The largest absolute Gasteiger partial charge is 0.355 e. The number of hydrogen-bond acceptors (Lipinski definition) is 10. The van der Waals surface area contributed by atoms with Crippen molar-refractivity contribution >= 4 is 53.2 Å². The third kappa shape index (κ3) is 25.8. The number of likely N-dealkylation sites (N-methyl/N-ethyl adjacent to an activating group) is 1. The molecule has 66 heavy (non-hydrogen) atoms. The predicted molar refractivity (Wildman–Crippen MR) is 256 cm³/mol. The minimum absolute atomic E-state index is 0.0472. The lowest BCUT2D eigenvalue weighted by Crippen LogP contribution is -2.64. The van der Waals surface area contributed by atoms with Crippen LogP contribution in [-0.2, 0) is 43.2 Å². The number of hydrogen-bond donors (Lipinski definition) is 10. The monoisotopic (exact) mass is 937 g/mol. The maximum Gasteiger partial charge on any atom is 0.246 e. The van der Waals surface area contributed by atoms with E-state index in [0.29, 0.717) is 19.5 Å². The average Bonchev–Trinajstić information content (AvgIpc) is 3.23.